The van der Waals surface area contributed by atoms with Crippen LogP contribution >= 0.6 is 0 Å². The van der Waals surface area contributed by atoms with Gasteiger partial charge in [0.2, 0.25) is 5.75 Å². The maximum atomic E-state index is 10.0. The molecule has 1 heterocycles. The molecule has 4 nitrogen and oxygen atoms in total. The Morgan fingerprint density at radius 2 is 1.65 bits per heavy atom. The number of furan rings is 1. The molecule has 0 aliphatic rings. The number of phenols is 3. The molecule has 3 rings (SSSR count). The van der Waals surface area contributed by atoms with Crippen molar-refractivity contribution in [2.75, 3.05) is 0 Å². The number of fused-ring (bicyclic) bond motifs is 3. The molecule has 0 saturated heterocycles. The van der Waals surface area contributed by atoms with E-state index in [1.165, 1.54) is 6.92 Å². The normalized spacial score (nSPS) is 11.4. The van der Waals surface area contributed by atoms with E-state index < -0.39 is 0 Å². The van der Waals surface area contributed by atoms with Crippen molar-refractivity contribution in [2.45, 2.75) is 6.92 Å². The molecule has 0 radical (unpaired) electrons. The molecule has 0 aliphatic carbocycles. The van der Waals surface area contributed by atoms with Crippen LogP contribution in [-0.4, -0.2) is 15.3 Å². The molecule has 0 amide bonds. The topological polar surface area (TPSA) is 73.8 Å². The third-order valence-corrected chi connectivity index (χ3v) is 2.98. The maximum absolute atomic E-state index is 10.0. The number of benzene rings is 2. The second-order valence-corrected chi connectivity index (χ2v) is 3.97. The molecule has 0 spiro atoms. The highest BCUT2D eigenvalue weighted by Gasteiger charge is 2.21. The van der Waals surface area contributed by atoms with Crippen LogP contribution in [0.5, 0.6) is 17.2 Å². The van der Waals surface area contributed by atoms with Crippen molar-refractivity contribution in [1.82, 2.24) is 0 Å². The van der Waals surface area contributed by atoms with Gasteiger partial charge in [-0.1, -0.05) is 18.2 Å². The summed E-state index contributed by atoms with van der Waals surface area (Å²) < 4.78 is 5.43. The van der Waals surface area contributed by atoms with Crippen LogP contribution in [0.4, 0.5) is 0 Å². The quantitative estimate of drug-likeness (QED) is 0.410. The molecule has 0 saturated carbocycles. The molecule has 2 aromatic carbocycles. The number of para-hydroxylation sites is 1. The van der Waals surface area contributed by atoms with Gasteiger partial charge >= 0.3 is 0 Å². The first-order chi connectivity index (χ1) is 8.11. The minimum Gasteiger partial charge on any atom is -0.507 e. The SMILES string of the molecule is Cc1c(O)c(O)c2oc3ccccc3c2c1O. The minimum absolute atomic E-state index is 0.0692. The highest BCUT2D eigenvalue weighted by Crippen LogP contribution is 2.47. The average Bonchev–Trinajstić information content (AvgIpc) is 2.73. The van der Waals surface area contributed by atoms with E-state index in [0.717, 1.165) is 0 Å². The van der Waals surface area contributed by atoms with Crippen molar-refractivity contribution in [1.29, 1.82) is 0 Å². The van der Waals surface area contributed by atoms with Gasteiger partial charge in [0.25, 0.3) is 0 Å². The van der Waals surface area contributed by atoms with E-state index in [0.29, 0.717) is 16.4 Å². The highest BCUT2D eigenvalue weighted by atomic mass is 16.4. The van der Waals surface area contributed by atoms with Gasteiger partial charge in [0.05, 0.1) is 5.39 Å². The molecule has 0 bridgehead atoms. The van der Waals surface area contributed by atoms with Crippen LogP contribution in [0.3, 0.4) is 0 Å². The predicted octanol–water partition coefficient (Wildman–Crippen LogP) is 3.01. The Kier molecular flexibility index (Phi) is 1.78. The molecule has 3 N–H and O–H groups in total. The van der Waals surface area contributed by atoms with Gasteiger partial charge in [-0.05, 0) is 13.0 Å². The van der Waals surface area contributed by atoms with Gasteiger partial charge in [-0.15, -0.1) is 0 Å². The molecule has 0 aliphatic heterocycles. The number of phenolic OH excluding ortho intramolecular Hbond substituents is 3. The second-order valence-electron chi connectivity index (χ2n) is 3.97. The Morgan fingerprint density at radius 3 is 2.41 bits per heavy atom. The number of hydrogen-bond donors (Lipinski definition) is 3. The summed E-state index contributed by atoms with van der Waals surface area (Å²) in [5, 5.41) is 30.6. The van der Waals surface area contributed by atoms with Gasteiger partial charge in [0, 0.05) is 10.9 Å². The lowest BCUT2D eigenvalue weighted by molar-refractivity contribution is 0.392. The fraction of sp³-hybridized carbons (Fsp3) is 0.0769. The van der Waals surface area contributed by atoms with Gasteiger partial charge in [-0.2, -0.15) is 0 Å². The first kappa shape index (κ1) is 9.84. The third kappa shape index (κ3) is 1.12. The summed E-state index contributed by atoms with van der Waals surface area (Å²) in [6.45, 7) is 1.53. The molecular formula is C13H10O4. The van der Waals surface area contributed by atoms with Gasteiger partial charge in [0.1, 0.15) is 11.3 Å². The lowest BCUT2D eigenvalue weighted by Gasteiger charge is -2.05. The Balaban J connectivity index is 2.67. The fourth-order valence-electron chi connectivity index (χ4n) is 2.03. The summed E-state index contributed by atoms with van der Waals surface area (Å²) >= 11 is 0. The first-order valence-corrected chi connectivity index (χ1v) is 5.16. The number of aromatic hydroxyl groups is 3. The van der Waals surface area contributed by atoms with Crippen LogP contribution in [0.2, 0.25) is 0 Å². The first-order valence-electron chi connectivity index (χ1n) is 5.16. The smallest absolute Gasteiger partial charge is 0.202 e. The monoisotopic (exact) mass is 230 g/mol. The van der Waals surface area contributed by atoms with E-state index in [-0.39, 0.29) is 28.4 Å². The summed E-state index contributed by atoms with van der Waals surface area (Å²) in [4.78, 5) is 0. The Bertz CT molecular complexity index is 740. The number of hydrogen-bond acceptors (Lipinski definition) is 4. The van der Waals surface area contributed by atoms with E-state index in [2.05, 4.69) is 0 Å². The summed E-state index contributed by atoms with van der Waals surface area (Å²) in [6, 6.07) is 7.14. The molecule has 3 aromatic rings. The lowest BCUT2D eigenvalue weighted by atomic mass is 10.1. The number of rotatable bonds is 0. The molecule has 0 atom stereocenters. The van der Waals surface area contributed by atoms with Crippen molar-refractivity contribution in [2.24, 2.45) is 0 Å². The van der Waals surface area contributed by atoms with Crippen LogP contribution < -0.4 is 0 Å². The van der Waals surface area contributed by atoms with Gasteiger partial charge in [-0.25, -0.2) is 0 Å². The van der Waals surface area contributed by atoms with Crippen molar-refractivity contribution in [3.05, 3.63) is 29.8 Å². The standard InChI is InChI=1S/C13H10O4/c1-6-10(14)9-7-4-2-3-5-8(7)17-13(9)12(16)11(6)15/h2-5,14-16H,1H3. The lowest BCUT2D eigenvalue weighted by Crippen LogP contribution is -1.80. The zero-order chi connectivity index (χ0) is 12.2. The molecule has 0 unspecified atom stereocenters. The molecule has 17 heavy (non-hydrogen) atoms. The summed E-state index contributed by atoms with van der Waals surface area (Å²) in [6.07, 6.45) is 0. The maximum Gasteiger partial charge on any atom is 0.202 e. The predicted molar refractivity (Wildman–Crippen MR) is 63.5 cm³/mol. The molecular weight excluding hydrogens is 220 g/mol. The largest absolute Gasteiger partial charge is 0.507 e. The third-order valence-electron chi connectivity index (χ3n) is 2.98. The zero-order valence-corrected chi connectivity index (χ0v) is 9.06. The Labute approximate surface area is 96.3 Å². The van der Waals surface area contributed by atoms with E-state index in [1.54, 1.807) is 18.2 Å². The van der Waals surface area contributed by atoms with Crippen molar-refractivity contribution < 1.29 is 19.7 Å². The summed E-state index contributed by atoms with van der Waals surface area (Å²) in [5.41, 5.74) is 0.895. The van der Waals surface area contributed by atoms with Crippen LogP contribution in [-0.2, 0) is 0 Å². The van der Waals surface area contributed by atoms with Gasteiger partial charge < -0.3 is 19.7 Å². The van der Waals surface area contributed by atoms with Crippen LogP contribution in [0.1, 0.15) is 5.56 Å². The second kappa shape index (κ2) is 3.07. The molecule has 86 valence electrons. The molecule has 0 fully saturated rings. The van der Waals surface area contributed by atoms with Crippen LogP contribution in [0.25, 0.3) is 21.9 Å². The fourth-order valence-corrected chi connectivity index (χ4v) is 2.03. The molecule has 4 heteroatoms. The van der Waals surface area contributed by atoms with Crippen molar-refractivity contribution >= 4 is 21.9 Å². The zero-order valence-electron chi connectivity index (χ0n) is 9.06. The molecule has 1 aromatic heterocycles. The van der Waals surface area contributed by atoms with E-state index in [4.69, 9.17) is 4.42 Å². The highest BCUT2D eigenvalue weighted by molar-refractivity contribution is 6.11. The van der Waals surface area contributed by atoms with E-state index in [1.807, 2.05) is 6.07 Å². The van der Waals surface area contributed by atoms with Crippen LogP contribution in [0, 0.1) is 6.92 Å². The Hall–Kier alpha value is -2.36. The van der Waals surface area contributed by atoms with Gasteiger partial charge in [0.15, 0.2) is 11.3 Å². The van der Waals surface area contributed by atoms with Crippen molar-refractivity contribution in [3.63, 3.8) is 0 Å². The minimum atomic E-state index is -0.353. The van der Waals surface area contributed by atoms with Crippen LogP contribution in [0.15, 0.2) is 28.7 Å². The van der Waals surface area contributed by atoms with Gasteiger partial charge in [-0.3, -0.25) is 0 Å². The summed E-state index contributed by atoms with van der Waals surface area (Å²) in [5.74, 6) is -0.763. The van der Waals surface area contributed by atoms with E-state index >= 15 is 0 Å². The average molecular weight is 230 g/mol. The van der Waals surface area contributed by atoms with Crippen molar-refractivity contribution in [3.8, 4) is 17.2 Å². The Morgan fingerprint density at radius 1 is 0.941 bits per heavy atom. The summed E-state index contributed by atoms with van der Waals surface area (Å²) in [7, 11) is 0. The van der Waals surface area contributed by atoms with E-state index in [9.17, 15) is 15.3 Å².